The normalized spacial score (nSPS) is 12.6. The molecular weight excluding hydrogens is 272 g/mol. The minimum atomic E-state index is -0.365. The van der Waals surface area contributed by atoms with Crippen molar-refractivity contribution in [2.75, 3.05) is 5.73 Å². The Balaban J connectivity index is 1.96. The monoisotopic (exact) mass is 292 g/mol. The molecule has 8 nitrogen and oxygen atoms in total. The molecule has 0 unspecified atom stereocenters. The van der Waals surface area contributed by atoms with Crippen LogP contribution in [0.25, 0.3) is 0 Å². The minimum Gasteiger partial charge on any atom is -0.384 e. The van der Waals surface area contributed by atoms with Gasteiger partial charge in [-0.25, -0.2) is 4.68 Å². The molecule has 0 saturated heterocycles. The molecule has 0 aromatic carbocycles. The van der Waals surface area contributed by atoms with Crippen molar-refractivity contribution in [3.8, 4) is 0 Å². The molecule has 0 fully saturated rings. The Bertz CT molecular complexity index is 630. The Hall–Kier alpha value is -2.38. The van der Waals surface area contributed by atoms with Crippen LogP contribution in [0, 0.1) is 6.92 Å². The van der Waals surface area contributed by atoms with Crippen LogP contribution in [0.4, 0.5) is 5.82 Å². The average molecular weight is 292 g/mol. The number of carbonyl (C=O) groups is 1. The number of aromatic nitrogens is 4. The first-order chi connectivity index (χ1) is 9.86. The lowest BCUT2D eigenvalue weighted by atomic mass is 10.2. The van der Waals surface area contributed by atoms with Crippen LogP contribution < -0.4 is 11.1 Å². The van der Waals surface area contributed by atoms with Gasteiger partial charge in [0.15, 0.2) is 5.82 Å². The van der Waals surface area contributed by atoms with E-state index in [1.165, 1.54) is 4.68 Å². The van der Waals surface area contributed by atoms with E-state index in [0.29, 0.717) is 17.5 Å². The number of nitrogens with zero attached hydrogens (tertiary/aromatic N) is 4. The van der Waals surface area contributed by atoms with Crippen LogP contribution in [0.3, 0.4) is 0 Å². The molecule has 0 aliphatic carbocycles. The van der Waals surface area contributed by atoms with Crippen molar-refractivity contribution in [1.29, 1.82) is 0 Å². The summed E-state index contributed by atoms with van der Waals surface area (Å²) in [7, 11) is 0. The van der Waals surface area contributed by atoms with Crippen molar-refractivity contribution in [3.63, 3.8) is 0 Å². The lowest BCUT2D eigenvalue weighted by molar-refractivity contribution is -0.122. The molecule has 0 saturated carbocycles. The predicted molar refractivity (Wildman–Crippen MR) is 76.3 cm³/mol. The van der Waals surface area contributed by atoms with E-state index in [1.54, 1.807) is 13.0 Å². The van der Waals surface area contributed by atoms with Gasteiger partial charge in [-0.3, -0.25) is 4.79 Å². The summed E-state index contributed by atoms with van der Waals surface area (Å²) >= 11 is 0. The zero-order chi connectivity index (χ0) is 15.6. The number of nitrogens with one attached hydrogen (secondary N) is 1. The lowest BCUT2D eigenvalue weighted by Crippen LogP contribution is -2.31. The fraction of sp³-hybridized carbons (Fsp3) is 0.538. The number of hydrogen-bond acceptors (Lipinski definition) is 6. The second-order valence-corrected chi connectivity index (χ2v) is 5.30. The number of nitrogens with two attached hydrogens (primary N) is 1. The molecule has 1 amide bonds. The summed E-state index contributed by atoms with van der Waals surface area (Å²) in [5.74, 6) is 1.42. The Morgan fingerprint density at radius 2 is 2.19 bits per heavy atom. The van der Waals surface area contributed by atoms with Crippen LogP contribution in [-0.4, -0.2) is 25.8 Å². The zero-order valence-electron chi connectivity index (χ0n) is 12.6. The zero-order valence-corrected chi connectivity index (χ0v) is 12.6. The largest absolute Gasteiger partial charge is 0.384 e. The summed E-state index contributed by atoms with van der Waals surface area (Å²) in [5.41, 5.74) is 6.52. The highest BCUT2D eigenvalue weighted by atomic mass is 16.5. The first-order valence-corrected chi connectivity index (χ1v) is 6.79. The van der Waals surface area contributed by atoms with Crippen LogP contribution in [0.15, 0.2) is 10.6 Å². The van der Waals surface area contributed by atoms with Crippen LogP contribution in [0.1, 0.15) is 50.1 Å². The first-order valence-electron chi connectivity index (χ1n) is 6.79. The van der Waals surface area contributed by atoms with Gasteiger partial charge in [0.1, 0.15) is 18.4 Å². The minimum absolute atomic E-state index is 0.0508. The molecule has 2 aromatic heterocycles. The summed E-state index contributed by atoms with van der Waals surface area (Å²) in [5, 5.41) is 10.8. The number of nitrogen functional groups attached to an aromatic ring is 1. The smallest absolute Gasteiger partial charge is 0.248 e. The molecule has 2 aromatic rings. The molecule has 0 radical (unpaired) electrons. The molecule has 0 aliphatic heterocycles. The Kier molecular flexibility index (Phi) is 4.25. The van der Waals surface area contributed by atoms with Gasteiger partial charge < -0.3 is 15.6 Å². The van der Waals surface area contributed by atoms with Gasteiger partial charge in [0, 0.05) is 12.0 Å². The van der Waals surface area contributed by atoms with Crippen LogP contribution >= 0.6 is 0 Å². The second-order valence-electron chi connectivity index (χ2n) is 5.30. The van der Waals surface area contributed by atoms with Crippen molar-refractivity contribution in [2.24, 2.45) is 0 Å². The third-order valence-electron chi connectivity index (χ3n) is 2.95. The van der Waals surface area contributed by atoms with E-state index in [9.17, 15) is 4.79 Å². The Labute approximate surface area is 122 Å². The van der Waals surface area contributed by atoms with Gasteiger partial charge in [0.05, 0.1) is 5.69 Å². The quantitative estimate of drug-likeness (QED) is 0.855. The van der Waals surface area contributed by atoms with Gasteiger partial charge in [-0.05, 0) is 13.8 Å². The van der Waals surface area contributed by atoms with Crippen molar-refractivity contribution in [3.05, 3.63) is 23.5 Å². The van der Waals surface area contributed by atoms with Gasteiger partial charge in [0.2, 0.25) is 11.8 Å². The van der Waals surface area contributed by atoms with E-state index < -0.39 is 0 Å². The Morgan fingerprint density at radius 1 is 1.48 bits per heavy atom. The second kappa shape index (κ2) is 5.94. The number of amides is 1. The molecule has 8 heteroatoms. The third kappa shape index (κ3) is 3.59. The SMILES string of the molecule is Cc1cc(N)n(CC(=O)N[C@@H](C)c2nc(C(C)C)no2)n1. The van der Waals surface area contributed by atoms with Crippen molar-refractivity contribution >= 4 is 11.7 Å². The molecule has 1 atom stereocenters. The van der Waals surface area contributed by atoms with Crippen molar-refractivity contribution in [2.45, 2.75) is 46.2 Å². The van der Waals surface area contributed by atoms with Crippen molar-refractivity contribution < 1.29 is 9.32 Å². The molecule has 0 bridgehead atoms. The molecular formula is C13H20N6O2. The highest BCUT2D eigenvalue weighted by Gasteiger charge is 2.18. The van der Waals surface area contributed by atoms with Gasteiger partial charge in [-0.1, -0.05) is 19.0 Å². The topological polar surface area (TPSA) is 112 Å². The van der Waals surface area contributed by atoms with E-state index in [4.69, 9.17) is 10.3 Å². The first kappa shape index (κ1) is 15.0. The summed E-state index contributed by atoms with van der Waals surface area (Å²) in [6.45, 7) is 7.60. The molecule has 2 heterocycles. The highest BCUT2D eigenvalue weighted by Crippen LogP contribution is 2.15. The lowest BCUT2D eigenvalue weighted by Gasteiger charge is -2.10. The maximum atomic E-state index is 12.0. The van der Waals surface area contributed by atoms with Gasteiger partial charge in [0.25, 0.3) is 0 Å². The molecule has 0 spiro atoms. The molecule has 3 N–H and O–H groups in total. The van der Waals surface area contributed by atoms with Crippen LogP contribution in [0.5, 0.6) is 0 Å². The standard InChI is InChI=1S/C13H20N6O2/c1-7(2)12-16-13(21-18-12)9(4)15-11(20)6-19-10(14)5-8(3)17-19/h5,7,9H,6,14H2,1-4H3,(H,15,20)/t9-/m0/s1. The molecule has 21 heavy (non-hydrogen) atoms. The van der Waals surface area contributed by atoms with Crippen LogP contribution in [-0.2, 0) is 11.3 Å². The van der Waals surface area contributed by atoms with Crippen molar-refractivity contribution in [1.82, 2.24) is 25.2 Å². The maximum Gasteiger partial charge on any atom is 0.248 e. The Morgan fingerprint density at radius 3 is 2.71 bits per heavy atom. The van der Waals surface area contributed by atoms with E-state index in [-0.39, 0.29) is 24.4 Å². The van der Waals surface area contributed by atoms with Gasteiger partial charge in [-0.2, -0.15) is 10.1 Å². The summed E-state index contributed by atoms with van der Waals surface area (Å²) in [6.07, 6.45) is 0. The summed E-state index contributed by atoms with van der Waals surface area (Å²) in [4.78, 5) is 16.2. The van der Waals surface area contributed by atoms with E-state index in [0.717, 1.165) is 5.69 Å². The summed E-state index contributed by atoms with van der Waals surface area (Å²) in [6, 6.07) is 1.35. The van der Waals surface area contributed by atoms with E-state index in [2.05, 4.69) is 20.6 Å². The van der Waals surface area contributed by atoms with E-state index in [1.807, 2.05) is 20.8 Å². The number of rotatable bonds is 5. The maximum absolute atomic E-state index is 12.0. The fourth-order valence-electron chi connectivity index (χ4n) is 1.83. The van der Waals surface area contributed by atoms with E-state index >= 15 is 0 Å². The van der Waals surface area contributed by atoms with Gasteiger partial charge >= 0.3 is 0 Å². The van der Waals surface area contributed by atoms with Gasteiger partial charge in [-0.15, -0.1) is 0 Å². The van der Waals surface area contributed by atoms with Crippen LogP contribution in [0.2, 0.25) is 0 Å². The molecule has 2 rings (SSSR count). The number of aryl methyl sites for hydroxylation is 1. The number of hydrogen-bond donors (Lipinski definition) is 2. The summed E-state index contributed by atoms with van der Waals surface area (Å²) < 4.78 is 6.59. The molecule has 0 aliphatic rings. The fourth-order valence-corrected chi connectivity index (χ4v) is 1.83. The predicted octanol–water partition coefficient (Wildman–Crippen LogP) is 1.16. The average Bonchev–Trinajstić information content (AvgIpc) is 2.97. The third-order valence-corrected chi connectivity index (χ3v) is 2.95. The number of carbonyl (C=O) groups excluding carboxylic acids is 1. The molecule has 114 valence electrons. The number of anilines is 1. The highest BCUT2D eigenvalue weighted by molar-refractivity contribution is 5.76.